The predicted molar refractivity (Wildman–Crippen MR) is 110 cm³/mol. The molecule has 3 aromatic carbocycles. The van der Waals surface area contributed by atoms with E-state index in [2.05, 4.69) is 25.9 Å². The normalized spacial score (nSPS) is 13.4. The number of carbonyl (C=O) groups is 2. The average molecular weight is 411 g/mol. The van der Waals surface area contributed by atoms with Gasteiger partial charge in [-0.25, -0.2) is 4.39 Å². The third kappa shape index (κ3) is 3.36. The molecule has 30 heavy (non-hydrogen) atoms. The van der Waals surface area contributed by atoms with Crippen molar-refractivity contribution in [2.24, 2.45) is 0 Å². The Bertz CT molecular complexity index is 1280. The number of hydrogen-bond donors (Lipinski definition) is 2. The first-order valence-electron chi connectivity index (χ1n) is 8.80. The standard InChI is InChI=1S/C20H13FN6O2.Na/c21-15-7-6-12(9-14(15)20-23-25-26-24-20)27-16-8-5-11-3-1-2-4-13(11)19(16)22-17(28)10-18(27)29;/h1-9H,10H2,(H,22,28)(H,23,24,25,26);. The van der Waals surface area contributed by atoms with Gasteiger partial charge in [-0.3, -0.25) is 14.5 Å². The summed E-state index contributed by atoms with van der Waals surface area (Å²) in [5, 5.41) is 17.9. The second kappa shape index (κ2) is 7.94. The third-order valence-electron chi connectivity index (χ3n) is 4.77. The van der Waals surface area contributed by atoms with E-state index < -0.39 is 17.6 Å². The van der Waals surface area contributed by atoms with Crippen LogP contribution in [0.3, 0.4) is 0 Å². The maximum absolute atomic E-state index is 14.4. The fraction of sp³-hybridized carbons (Fsp3) is 0.0500. The maximum Gasteiger partial charge on any atom is 0.241 e. The molecule has 2 N–H and O–H groups in total. The number of nitrogens with zero attached hydrogens (tertiary/aromatic N) is 4. The Hall–Kier alpha value is -3.14. The molecule has 1 radical (unpaired) electrons. The Morgan fingerprint density at radius 2 is 1.87 bits per heavy atom. The number of rotatable bonds is 2. The first-order valence-corrected chi connectivity index (χ1v) is 8.80. The van der Waals surface area contributed by atoms with Crippen molar-refractivity contribution in [3.05, 3.63) is 60.4 Å². The Balaban J connectivity index is 0.00000218. The van der Waals surface area contributed by atoms with Gasteiger partial charge < -0.3 is 5.32 Å². The van der Waals surface area contributed by atoms with Crippen molar-refractivity contribution in [1.82, 2.24) is 20.6 Å². The van der Waals surface area contributed by atoms with E-state index >= 15 is 0 Å². The van der Waals surface area contributed by atoms with Crippen LogP contribution in [0.1, 0.15) is 6.42 Å². The smallest absolute Gasteiger partial charge is 0.241 e. The van der Waals surface area contributed by atoms with E-state index in [0.29, 0.717) is 17.1 Å². The minimum absolute atomic E-state index is 0. The third-order valence-corrected chi connectivity index (χ3v) is 4.77. The molecule has 0 saturated heterocycles. The van der Waals surface area contributed by atoms with Gasteiger partial charge in [0.15, 0.2) is 0 Å². The number of aromatic nitrogens is 4. The Morgan fingerprint density at radius 1 is 1.03 bits per heavy atom. The fourth-order valence-electron chi connectivity index (χ4n) is 3.49. The van der Waals surface area contributed by atoms with E-state index in [1.165, 1.54) is 23.1 Å². The molecule has 0 unspecified atom stereocenters. The summed E-state index contributed by atoms with van der Waals surface area (Å²) in [5.41, 5.74) is 1.52. The van der Waals surface area contributed by atoms with Crippen LogP contribution >= 0.6 is 0 Å². The molecule has 2 amide bonds. The number of anilines is 3. The second-order valence-corrected chi connectivity index (χ2v) is 6.53. The van der Waals surface area contributed by atoms with Gasteiger partial charge in [0.1, 0.15) is 12.2 Å². The second-order valence-electron chi connectivity index (χ2n) is 6.53. The average Bonchev–Trinajstić information content (AvgIpc) is 3.21. The number of hydrogen-bond acceptors (Lipinski definition) is 5. The van der Waals surface area contributed by atoms with Crippen molar-refractivity contribution in [2.75, 3.05) is 10.2 Å². The summed E-state index contributed by atoms with van der Waals surface area (Å²) in [6, 6.07) is 15.4. The van der Waals surface area contributed by atoms with Crippen LogP contribution in [0.25, 0.3) is 22.2 Å². The summed E-state index contributed by atoms with van der Waals surface area (Å²) in [7, 11) is 0. The van der Waals surface area contributed by atoms with Crippen LogP contribution in [0, 0.1) is 5.82 Å². The van der Waals surface area contributed by atoms with E-state index in [9.17, 15) is 14.0 Å². The van der Waals surface area contributed by atoms with Gasteiger partial charge in [0.25, 0.3) is 0 Å². The van der Waals surface area contributed by atoms with Gasteiger partial charge in [-0.2, -0.15) is 5.21 Å². The van der Waals surface area contributed by atoms with Crippen molar-refractivity contribution < 1.29 is 14.0 Å². The number of H-pyrrole nitrogens is 1. The molecule has 0 aliphatic carbocycles. The topological polar surface area (TPSA) is 104 Å². The van der Waals surface area contributed by atoms with E-state index in [1.54, 1.807) is 6.07 Å². The number of amides is 2. The van der Waals surface area contributed by atoms with Crippen molar-refractivity contribution >= 4 is 69.2 Å². The van der Waals surface area contributed by atoms with Gasteiger partial charge in [0.05, 0.1) is 16.9 Å². The molecule has 4 aromatic rings. The zero-order valence-electron chi connectivity index (χ0n) is 15.9. The molecular weight excluding hydrogens is 398 g/mol. The van der Waals surface area contributed by atoms with Crippen molar-refractivity contribution in [2.45, 2.75) is 6.42 Å². The molecular formula is C20H13FN6NaO2. The summed E-state index contributed by atoms with van der Waals surface area (Å²) in [5.74, 6) is -1.32. The Kier molecular flexibility index (Phi) is 5.33. The molecule has 1 aromatic heterocycles. The van der Waals surface area contributed by atoms with Gasteiger partial charge in [-0.05, 0) is 34.9 Å². The van der Waals surface area contributed by atoms with Crippen molar-refractivity contribution in [1.29, 1.82) is 0 Å². The first-order chi connectivity index (χ1) is 14.1. The molecule has 8 nitrogen and oxygen atoms in total. The molecule has 1 aliphatic heterocycles. The SMILES string of the molecule is O=C1CC(=O)N(c2ccc(F)c(-c3nn[nH]n3)c2)c2ccc3ccccc3c2N1.[Na]. The van der Waals surface area contributed by atoms with Crippen LogP contribution in [0.4, 0.5) is 21.5 Å². The summed E-state index contributed by atoms with van der Waals surface area (Å²) in [6.45, 7) is 0. The zero-order chi connectivity index (χ0) is 20.0. The molecule has 0 bridgehead atoms. The summed E-state index contributed by atoms with van der Waals surface area (Å²) in [4.78, 5) is 26.7. The van der Waals surface area contributed by atoms with Gasteiger partial charge in [0.2, 0.25) is 17.6 Å². The number of benzene rings is 3. The van der Waals surface area contributed by atoms with Crippen LogP contribution in [0.2, 0.25) is 0 Å². The Morgan fingerprint density at radius 3 is 2.67 bits per heavy atom. The first kappa shape index (κ1) is 20.1. The quantitative estimate of drug-likeness (QED) is 0.390. The van der Waals surface area contributed by atoms with Crippen LogP contribution in [-0.2, 0) is 9.59 Å². The molecule has 143 valence electrons. The van der Waals surface area contributed by atoms with Gasteiger partial charge in [0, 0.05) is 40.6 Å². The van der Waals surface area contributed by atoms with Crippen LogP contribution in [0.5, 0.6) is 0 Å². The number of fused-ring (bicyclic) bond motifs is 3. The molecule has 10 heteroatoms. The minimum atomic E-state index is -0.551. The number of nitrogens with one attached hydrogen (secondary N) is 2. The molecule has 5 rings (SSSR count). The number of tetrazole rings is 1. The monoisotopic (exact) mass is 411 g/mol. The molecule has 1 aliphatic rings. The predicted octanol–water partition coefficient (Wildman–Crippen LogP) is 2.79. The molecule has 0 atom stereocenters. The van der Waals surface area contributed by atoms with Gasteiger partial charge in [-0.15, -0.1) is 10.2 Å². The van der Waals surface area contributed by atoms with Crippen LogP contribution in [-0.4, -0.2) is 62.0 Å². The molecule has 0 spiro atoms. The molecule has 0 saturated carbocycles. The van der Waals surface area contributed by atoms with E-state index in [1.807, 2.05) is 30.3 Å². The van der Waals surface area contributed by atoms with Crippen molar-refractivity contribution in [3.8, 4) is 11.4 Å². The number of aromatic amines is 1. The van der Waals surface area contributed by atoms with Crippen molar-refractivity contribution in [3.63, 3.8) is 0 Å². The maximum atomic E-state index is 14.4. The van der Waals surface area contributed by atoms with E-state index in [0.717, 1.165) is 10.8 Å². The zero-order valence-corrected chi connectivity index (χ0v) is 17.9. The van der Waals surface area contributed by atoms with Gasteiger partial charge in [-0.1, -0.05) is 30.3 Å². The fourth-order valence-corrected chi connectivity index (χ4v) is 3.49. The van der Waals surface area contributed by atoms with E-state index in [4.69, 9.17) is 0 Å². The molecule has 0 fully saturated rings. The molecule has 2 heterocycles. The number of halogens is 1. The van der Waals surface area contributed by atoms with Gasteiger partial charge >= 0.3 is 0 Å². The number of carbonyl (C=O) groups excluding carboxylic acids is 2. The van der Waals surface area contributed by atoms with E-state index in [-0.39, 0.29) is 47.4 Å². The summed E-state index contributed by atoms with van der Waals surface area (Å²) >= 11 is 0. The summed E-state index contributed by atoms with van der Waals surface area (Å²) in [6.07, 6.45) is -0.335. The Labute approximate surface area is 191 Å². The largest absolute Gasteiger partial charge is 0.323 e. The van der Waals surface area contributed by atoms with Crippen LogP contribution < -0.4 is 10.2 Å². The van der Waals surface area contributed by atoms with Crippen LogP contribution in [0.15, 0.2) is 54.6 Å². The minimum Gasteiger partial charge on any atom is -0.323 e. The summed E-state index contributed by atoms with van der Waals surface area (Å²) < 4.78 is 14.4.